The normalized spacial score (nSPS) is 18.4. The number of para-hydroxylation sites is 1. The summed E-state index contributed by atoms with van der Waals surface area (Å²) in [5, 5.41) is 0. The Morgan fingerprint density at radius 3 is 2.59 bits per heavy atom. The molecule has 0 N–H and O–H groups in total. The molecule has 0 aliphatic carbocycles. The minimum Gasteiger partial charge on any atom is -0.473 e. The summed E-state index contributed by atoms with van der Waals surface area (Å²) in [5.41, 5.74) is 0.714. The molecule has 1 atom stereocenters. The lowest BCUT2D eigenvalue weighted by atomic mass is 10.1. The number of piperidine rings is 1. The molecule has 0 radical (unpaired) electrons. The van der Waals surface area contributed by atoms with Crippen LogP contribution < -0.4 is 9.47 Å². The summed E-state index contributed by atoms with van der Waals surface area (Å²) < 4.78 is 74.8. The maximum atomic E-state index is 13.0. The highest BCUT2D eigenvalue weighted by Gasteiger charge is 2.37. The highest BCUT2D eigenvalue weighted by molar-refractivity contribution is 7.89. The first-order valence-electron chi connectivity index (χ1n) is 8.88. The summed E-state index contributed by atoms with van der Waals surface area (Å²) in [6.07, 6.45) is -4.39. The van der Waals surface area contributed by atoms with Gasteiger partial charge in [-0.25, -0.2) is 13.4 Å². The Morgan fingerprint density at radius 2 is 1.90 bits per heavy atom. The van der Waals surface area contributed by atoms with E-state index in [1.807, 2.05) is 0 Å². The van der Waals surface area contributed by atoms with Gasteiger partial charge in [0.2, 0.25) is 15.9 Å². The van der Waals surface area contributed by atoms with Crippen molar-refractivity contribution >= 4 is 10.0 Å². The van der Waals surface area contributed by atoms with Gasteiger partial charge in [-0.3, -0.25) is 0 Å². The molecule has 11 heteroatoms. The summed E-state index contributed by atoms with van der Waals surface area (Å²) in [4.78, 5) is 7.80. The number of benzene rings is 1. The molecule has 1 aromatic heterocycles. The molecule has 29 heavy (non-hydrogen) atoms. The highest BCUT2D eigenvalue weighted by atomic mass is 32.2. The Labute approximate surface area is 166 Å². The van der Waals surface area contributed by atoms with Crippen molar-refractivity contribution in [1.82, 2.24) is 14.3 Å². The summed E-state index contributed by atoms with van der Waals surface area (Å²) in [5.74, 6) is 0.101. The van der Waals surface area contributed by atoms with Crippen LogP contribution in [0, 0.1) is 13.8 Å². The lowest BCUT2D eigenvalue weighted by molar-refractivity contribution is -0.275. The zero-order valence-corrected chi connectivity index (χ0v) is 16.6. The van der Waals surface area contributed by atoms with E-state index in [1.165, 1.54) is 12.1 Å². The molecule has 1 aliphatic heterocycles. The summed E-state index contributed by atoms with van der Waals surface area (Å²) in [7, 11) is -4.21. The zero-order valence-electron chi connectivity index (χ0n) is 15.8. The molecule has 1 aliphatic rings. The molecular formula is C18H20F3N3O4S. The van der Waals surface area contributed by atoms with Crippen molar-refractivity contribution in [2.24, 2.45) is 0 Å². The minimum absolute atomic E-state index is 0.00914. The van der Waals surface area contributed by atoms with Crippen molar-refractivity contribution in [3.8, 4) is 11.6 Å². The van der Waals surface area contributed by atoms with Crippen LogP contribution in [0.3, 0.4) is 0 Å². The number of hydrogen-bond acceptors (Lipinski definition) is 6. The second-order valence-corrected chi connectivity index (χ2v) is 8.54. The third-order valence-corrected chi connectivity index (χ3v) is 6.17. The Balaban J connectivity index is 1.81. The molecule has 0 bridgehead atoms. The van der Waals surface area contributed by atoms with Gasteiger partial charge < -0.3 is 9.47 Å². The summed E-state index contributed by atoms with van der Waals surface area (Å²) >= 11 is 0. The van der Waals surface area contributed by atoms with E-state index in [0.717, 1.165) is 16.4 Å². The zero-order chi connectivity index (χ0) is 21.2. The minimum atomic E-state index is -5.00. The van der Waals surface area contributed by atoms with Crippen LogP contribution in [-0.4, -0.2) is 48.2 Å². The Kier molecular flexibility index (Phi) is 5.99. The molecule has 3 rings (SSSR count). The number of aryl methyl sites for hydroxylation is 2. The maximum absolute atomic E-state index is 13.0. The van der Waals surface area contributed by atoms with Gasteiger partial charge in [0.25, 0.3) is 0 Å². The highest BCUT2D eigenvalue weighted by Crippen LogP contribution is 2.32. The van der Waals surface area contributed by atoms with Crippen molar-refractivity contribution in [3.05, 3.63) is 41.9 Å². The van der Waals surface area contributed by atoms with Crippen LogP contribution in [0.25, 0.3) is 0 Å². The number of alkyl halides is 3. The fourth-order valence-corrected chi connectivity index (χ4v) is 4.77. The largest absolute Gasteiger partial charge is 0.573 e. The summed E-state index contributed by atoms with van der Waals surface area (Å²) in [6.45, 7) is 3.67. The molecule has 1 unspecified atom stereocenters. The van der Waals surface area contributed by atoms with Gasteiger partial charge in [0, 0.05) is 18.3 Å². The van der Waals surface area contributed by atoms with E-state index in [4.69, 9.17) is 4.74 Å². The average molecular weight is 431 g/mol. The lowest BCUT2D eigenvalue weighted by Crippen LogP contribution is -2.44. The molecule has 1 aromatic carbocycles. The van der Waals surface area contributed by atoms with E-state index in [2.05, 4.69) is 14.7 Å². The molecule has 0 saturated carbocycles. The quantitative estimate of drug-likeness (QED) is 0.723. The van der Waals surface area contributed by atoms with Crippen LogP contribution in [0.1, 0.15) is 24.4 Å². The molecule has 7 nitrogen and oxygen atoms in total. The van der Waals surface area contributed by atoms with Gasteiger partial charge in [-0.2, -0.15) is 9.29 Å². The van der Waals surface area contributed by atoms with Gasteiger partial charge >= 0.3 is 6.36 Å². The van der Waals surface area contributed by atoms with Gasteiger partial charge in [0.05, 0.1) is 6.54 Å². The fraction of sp³-hybridized carbons (Fsp3) is 0.444. The fourth-order valence-electron chi connectivity index (χ4n) is 3.14. The first-order chi connectivity index (χ1) is 13.5. The Morgan fingerprint density at radius 1 is 1.17 bits per heavy atom. The number of aromatic nitrogens is 2. The lowest BCUT2D eigenvalue weighted by Gasteiger charge is -2.32. The third-order valence-electron chi connectivity index (χ3n) is 4.26. The summed E-state index contributed by atoms with van der Waals surface area (Å²) in [6, 6.07) is 6.35. The Hall–Kier alpha value is -2.40. The smallest absolute Gasteiger partial charge is 0.473 e. The van der Waals surface area contributed by atoms with Crippen molar-refractivity contribution < 1.29 is 31.1 Å². The van der Waals surface area contributed by atoms with Crippen LogP contribution in [-0.2, 0) is 10.0 Å². The standard InChI is InChI=1S/C18H20F3N3O4S/c1-12-10-17(23-13(2)22-12)27-14-6-5-9-24(11-14)29(25,26)16-8-4-3-7-15(16)28-18(19,20)21/h3-4,7-8,10,14H,5-6,9,11H2,1-2H3. The molecule has 1 fully saturated rings. The maximum Gasteiger partial charge on any atom is 0.573 e. The van der Waals surface area contributed by atoms with Gasteiger partial charge in [0.15, 0.2) is 0 Å². The number of nitrogens with zero attached hydrogens (tertiary/aromatic N) is 3. The third kappa shape index (κ3) is 5.36. The van der Waals surface area contributed by atoms with Crippen molar-refractivity contribution in [2.75, 3.05) is 13.1 Å². The van der Waals surface area contributed by atoms with Crippen molar-refractivity contribution in [2.45, 2.75) is 44.1 Å². The number of ether oxygens (including phenoxy) is 2. The topological polar surface area (TPSA) is 81.6 Å². The molecule has 2 aromatic rings. The SMILES string of the molecule is Cc1cc(OC2CCCN(S(=O)(=O)c3ccccc3OC(F)(F)F)C2)nc(C)n1. The molecule has 0 spiro atoms. The number of rotatable bonds is 5. The van der Waals surface area contributed by atoms with E-state index < -0.39 is 33.1 Å². The first-order valence-corrected chi connectivity index (χ1v) is 10.3. The van der Waals surface area contributed by atoms with Gasteiger partial charge in [-0.05, 0) is 38.8 Å². The molecule has 2 heterocycles. The van der Waals surface area contributed by atoms with E-state index in [-0.39, 0.29) is 13.1 Å². The van der Waals surface area contributed by atoms with Crippen molar-refractivity contribution in [3.63, 3.8) is 0 Å². The molecule has 158 valence electrons. The van der Waals surface area contributed by atoms with Crippen molar-refractivity contribution in [1.29, 1.82) is 0 Å². The first kappa shape index (κ1) is 21.3. The van der Waals surface area contributed by atoms with Crippen LogP contribution >= 0.6 is 0 Å². The van der Waals surface area contributed by atoms with Gasteiger partial charge in [-0.1, -0.05) is 12.1 Å². The monoisotopic (exact) mass is 431 g/mol. The van der Waals surface area contributed by atoms with Crippen LogP contribution in [0.15, 0.2) is 35.2 Å². The molecular weight excluding hydrogens is 411 g/mol. The van der Waals surface area contributed by atoms with Crippen LogP contribution in [0.5, 0.6) is 11.6 Å². The average Bonchev–Trinajstić information content (AvgIpc) is 2.60. The van der Waals surface area contributed by atoms with E-state index in [0.29, 0.717) is 30.2 Å². The van der Waals surface area contributed by atoms with E-state index in [1.54, 1.807) is 19.9 Å². The Bertz CT molecular complexity index is 962. The predicted molar refractivity (Wildman–Crippen MR) is 97.0 cm³/mol. The molecule has 0 amide bonds. The molecule has 1 saturated heterocycles. The second-order valence-electron chi connectivity index (χ2n) is 6.63. The second kappa shape index (κ2) is 8.15. The van der Waals surface area contributed by atoms with Crippen LogP contribution in [0.2, 0.25) is 0 Å². The van der Waals surface area contributed by atoms with Gasteiger partial charge in [-0.15, -0.1) is 13.2 Å². The number of sulfonamides is 1. The number of hydrogen-bond donors (Lipinski definition) is 0. The number of halogens is 3. The van der Waals surface area contributed by atoms with Crippen LogP contribution in [0.4, 0.5) is 13.2 Å². The van der Waals surface area contributed by atoms with E-state index >= 15 is 0 Å². The predicted octanol–water partition coefficient (Wildman–Crippen LogP) is 3.22. The van der Waals surface area contributed by atoms with Gasteiger partial charge in [0.1, 0.15) is 22.6 Å². The van der Waals surface area contributed by atoms with E-state index in [9.17, 15) is 21.6 Å².